The highest BCUT2D eigenvalue weighted by molar-refractivity contribution is 9.10. The quantitative estimate of drug-likeness (QED) is 0.301. The number of aryl methyl sites for hydroxylation is 1. The lowest BCUT2D eigenvalue weighted by molar-refractivity contribution is 0.102. The van der Waals surface area contributed by atoms with Crippen molar-refractivity contribution in [1.82, 2.24) is 4.98 Å². The van der Waals surface area contributed by atoms with Gasteiger partial charge in [-0.05, 0) is 42.8 Å². The van der Waals surface area contributed by atoms with E-state index in [2.05, 4.69) is 33.1 Å². The van der Waals surface area contributed by atoms with Gasteiger partial charge in [0.25, 0.3) is 0 Å². The molecule has 2 N–H and O–H groups in total. The zero-order valence-corrected chi connectivity index (χ0v) is 18.1. The molecule has 0 aliphatic heterocycles. The number of Topliss-reactive ketones (excluding diaryl/α,β-unsaturated/α-hetero) is 1. The highest BCUT2D eigenvalue weighted by Crippen LogP contribution is 2.35. The van der Waals surface area contributed by atoms with E-state index < -0.39 is 0 Å². The van der Waals surface area contributed by atoms with Crippen LogP contribution in [0.5, 0.6) is 11.5 Å². The van der Waals surface area contributed by atoms with Crippen LogP contribution >= 0.6 is 27.7 Å². The number of phenols is 2. The fourth-order valence-electron chi connectivity index (χ4n) is 2.84. The summed E-state index contributed by atoms with van der Waals surface area (Å²) in [7, 11) is 0. The molecule has 2 aromatic carbocycles. The average Bonchev–Trinajstić information content (AvgIpc) is 2.74. The van der Waals surface area contributed by atoms with Gasteiger partial charge in [0.1, 0.15) is 17.2 Å². The van der Waals surface area contributed by atoms with E-state index in [-0.39, 0.29) is 34.2 Å². The first kappa shape index (κ1) is 21.4. The van der Waals surface area contributed by atoms with E-state index in [4.69, 9.17) is 0 Å². The topological polar surface area (TPSA) is 118 Å². The fraction of sp³-hybridized carbons (Fsp3) is 0.0909. The van der Waals surface area contributed by atoms with E-state index in [1.54, 1.807) is 19.1 Å². The second kappa shape index (κ2) is 9.00. The van der Waals surface area contributed by atoms with Crippen molar-refractivity contribution in [3.05, 3.63) is 69.3 Å². The number of rotatable bonds is 5. The Hall–Kier alpha value is -3.33. The molecule has 0 radical (unpaired) electrons. The number of phenolic OH excluding ortho intramolecular Hbond substituents is 2. The molecule has 0 aliphatic carbocycles. The lowest BCUT2D eigenvalue weighted by Crippen LogP contribution is -2.05. The van der Waals surface area contributed by atoms with Crippen LogP contribution in [-0.4, -0.2) is 26.7 Å². The van der Waals surface area contributed by atoms with Gasteiger partial charge in [-0.3, -0.25) is 4.79 Å². The first-order valence-corrected chi connectivity index (χ1v) is 10.4. The molecule has 0 fully saturated rings. The van der Waals surface area contributed by atoms with Crippen LogP contribution in [-0.2, 0) is 0 Å². The minimum absolute atomic E-state index is 0.0307. The van der Waals surface area contributed by atoms with Gasteiger partial charge in [-0.1, -0.05) is 39.8 Å². The van der Waals surface area contributed by atoms with E-state index in [0.717, 1.165) is 16.2 Å². The van der Waals surface area contributed by atoms with Crippen molar-refractivity contribution in [2.75, 3.05) is 5.75 Å². The number of aromatic hydroxyl groups is 2. The van der Waals surface area contributed by atoms with Crippen molar-refractivity contribution in [1.29, 1.82) is 10.5 Å². The Balaban J connectivity index is 2.00. The summed E-state index contributed by atoms with van der Waals surface area (Å²) in [4.78, 5) is 16.9. The molecule has 3 aromatic rings. The molecule has 1 heterocycles. The number of carbonyl (C=O) groups is 1. The predicted molar refractivity (Wildman–Crippen MR) is 116 cm³/mol. The second-order valence-corrected chi connectivity index (χ2v) is 8.15. The van der Waals surface area contributed by atoms with Gasteiger partial charge >= 0.3 is 0 Å². The number of thioether (sulfide) groups is 1. The zero-order valence-electron chi connectivity index (χ0n) is 15.7. The largest absolute Gasteiger partial charge is 0.504 e. The first-order valence-electron chi connectivity index (χ1n) is 8.64. The Labute approximate surface area is 185 Å². The van der Waals surface area contributed by atoms with Crippen molar-refractivity contribution in [3.8, 4) is 34.8 Å². The number of hydrogen-bond acceptors (Lipinski definition) is 7. The monoisotopic (exact) mass is 479 g/mol. The molecule has 148 valence electrons. The van der Waals surface area contributed by atoms with Gasteiger partial charge in [0, 0.05) is 15.6 Å². The molecule has 6 nitrogen and oxygen atoms in total. The van der Waals surface area contributed by atoms with E-state index >= 15 is 0 Å². The molecule has 0 spiro atoms. The minimum atomic E-state index is -0.381. The average molecular weight is 480 g/mol. The fourth-order valence-corrected chi connectivity index (χ4v) is 4.03. The van der Waals surface area contributed by atoms with Crippen LogP contribution in [0.1, 0.15) is 27.2 Å². The van der Waals surface area contributed by atoms with Crippen LogP contribution in [0.3, 0.4) is 0 Å². The number of aromatic nitrogens is 1. The van der Waals surface area contributed by atoms with E-state index in [9.17, 15) is 25.5 Å². The maximum atomic E-state index is 12.5. The van der Waals surface area contributed by atoms with Crippen LogP contribution in [0.15, 0.2) is 52.0 Å². The van der Waals surface area contributed by atoms with Crippen LogP contribution in [0.4, 0.5) is 0 Å². The summed E-state index contributed by atoms with van der Waals surface area (Å²) in [5.74, 6) is -1.02. The van der Waals surface area contributed by atoms with Gasteiger partial charge in [0.05, 0.1) is 22.6 Å². The van der Waals surface area contributed by atoms with E-state index in [0.29, 0.717) is 27.4 Å². The third-order valence-corrected chi connectivity index (χ3v) is 5.84. The molecule has 0 bridgehead atoms. The van der Waals surface area contributed by atoms with E-state index in [1.807, 2.05) is 12.1 Å². The Morgan fingerprint density at radius 2 is 1.73 bits per heavy atom. The summed E-state index contributed by atoms with van der Waals surface area (Å²) in [6.45, 7) is 1.69. The number of ketones is 1. The van der Waals surface area contributed by atoms with Crippen molar-refractivity contribution < 1.29 is 15.0 Å². The number of benzene rings is 2. The van der Waals surface area contributed by atoms with Crippen LogP contribution in [0.25, 0.3) is 11.1 Å². The number of pyridine rings is 1. The number of carbonyl (C=O) groups excluding carboxylic acids is 1. The molecule has 0 unspecified atom stereocenters. The molecule has 0 aliphatic rings. The van der Waals surface area contributed by atoms with Crippen molar-refractivity contribution in [2.24, 2.45) is 0 Å². The van der Waals surface area contributed by atoms with Crippen molar-refractivity contribution in [3.63, 3.8) is 0 Å². The molecular weight excluding hydrogens is 466 g/mol. The van der Waals surface area contributed by atoms with Gasteiger partial charge in [0.15, 0.2) is 17.3 Å². The summed E-state index contributed by atoms with van der Waals surface area (Å²) in [5.41, 5.74) is 2.42. The summed E-state index contributed by atoms with van der Waals surface area (Å²) in [6.07, 6.45) is 0. The third kappa shape index (κ3) is 4.30. The Morgan fingerprint density at radius 1 is 1.07 bits per heavy atom. The smallest absolute Gasteiger partial charge is 0.173 e. The highest BCUT2D eigenvalue weighted by Gasteiger charge is 2.21. The number of halogens is 1. The molecule has 30 heavy (non-hydrogen) atoms. The molecule has 8 heteroatoms. The van der Waals surface area contributed by atoms with E-state index in [1.165, 1.54) is 18.2 Å². The predicted octanol–water partition coefficient (Wildman–Crippen LogP) is 4.95. The summed E-state index contributed by atoms with van der Waals surface area (Å²) in [6, 6.07) is 15.3. The van der Waals surface area contributed by atoms with Crippen LogP contribution in [0.2, 0.25) is 0 Å². The second-order valence-electron chi connectivity index (χ2n) is 6.27. The summed E-state index contributed by atoms with van der Waals surface area (Å²) in [5, 5.41) is 38.8. The molecule has 0 saturated carbocycles. The summed E-state index contributed by atoms with van der Waals surface area (Å²) < 4.78 is 0.867. The van der Waals surface area contributed by atoms with Gasteiger partial charge in [-0.15, -0.1) is 0 Å². The molecule has 0 amide bonds. The standard InChI is InChI=1S/C22H14BrN3O3S/c1-12-16(9-24)21(13-2-5-15(23)6-3-13)17(10-25)22(26-12)30-11-20(29)14-4-7-18(27)19(28)8-14/h2-8,27-28H,11H2,1H3. The van der Waals surface area contributed by atoms with Gasteiger partial charge in [-0.25, -0.2) is 4.98 Å². The van der Waals surface area contributed by atoms with Crippen LogP contribution < -0.4 is 0 Å². The highest BCUT2D eigenvalue weighted by atomic mass is 79.9. The molecule has 1 aromatic heterocycles. The lowest BCUT2D eigenvalue weighted by atomic mass is 9.96. The van der Waals surface area contributed by atoms with Gasteiger partial charge in [-0.2, -0.15) is 10.5 Å². The zero-order chi connectivity index (χ0) is 21.8. The lowest BCUT2D eigenvalue weighted by Gasteiger charge is -2.13. The molecule has 0 atom stereocenters. The van der Waals surface area contributed by atoms with Crippen LogP contribution in [0, 0.1) is 29.6 Å². The first-order chi connectivity index (χ1) is 14.3. The molecular formula is C22H14BrN3O3S. The number of nitriles is 2. The molecule has 3 rings (SSSR count). The normalized spacial score (nSPS) is 10.3. The minimum Gasteiger partial charge on any atom is -0.504 e. The third-order valence-electron chi connectivity index (χ3n) is 4.34. The molecule has 0 saturated heterocycles. The maximum absolute atomic E-state index is 12.5. The van der Waals surface area contributed by atoms with Crippen molar-refractivity contribution >= 4 is 33.5 Å². The number of hydrogen-bond donors (Lipinski definition) is 2. The Bertz CT molecular complexity index is 1230. The number of nitrogens with zero attached hydrogens (tertiary/aromatic N) is 3. The van der Waals surface area contributed by atoms with Gasteiger partial charge < -0.3 is 10.2 Å². The maximum Gasteiger partial charge on any atom is 0.173 e. The Morgan fingerprint density at radius 3 is 2.33 bits per heavy atom. The van der Waals surface area contributed by atoms with Gasteiger partial charge in [0.2, 0.25) is 0 Å². The SMILES string of the molecule is Cc1nc(SCC(=O)c2ccc(O)c(O)c2)c(C#N)c(-c2ccc(Br)cc2)c1C#N. The summed E-state index contributed by atoms with van der Waals surface area (Å²) >= 11 is 4.46. The van der Waals surface area contributed by atoms with Crippen molar-refractivity contribution in [2.45, 2.75) is 11.9 Å². The Kier molecular flexibility index (Phi) is 6.41.